The number of carbonyl (C=O) groups excluding carboxylic acids is 1. The van der Waals surface area contributed by atoms with E-state index in [1.165, 1.54) is 5.56 Å². The van der Waals surface area contributed by atoms with E-state index in [0.29, 0.717) is 12.1 Å². The molecule has 3 aromatic rings. The Kier molecular flexibility index (Phi) is 10.1. The van der Waals surface area contributed by atoms with Gasteiger partial charge in [0.2, 0.25) is 0 Å². The highest BCUT2D eigenvalue weighted by Crippen LogP contribution is 2.29. The van der Waals surface area contributed by atoms with Crippen molar-refractivity contribution in [1.29, 1.82) is 0 Å². The fourth-order valence-corrected chi connectivity index (χ4v) is 5.32. The van der Waals surface area contributed by atoms with E-state index in [1.807, 2.05) is 43.3 Å². The molecule has 0 saturated carbocycles. The quantitative estimate of drug-likeness (QED) is 0.249. The normalized spacial score (nSPS) is 14.7. The molecule has 1 N–H and O–H groups in total. The Labute approximate surface area is 235 Å². The molecule has 4 rings (SSSR count). The highest BCUT2D eigenvalue weighted by Gasteiger charge is 2.17. The molecule has 39 heavy (non-hydrogen) atoms. The summed E-state index contributed by atoms with van der Waals surface area (Å²) in [5, 5.41) is 3.71. The van der Waals surface area contributed by atoms with Gasteiger partial charge in [-0.25, -0.2) is 9.97 Å². The first kappa shape index (κ1) is 28.7. The third-order valence-corrected chi connectivity index (χ3v) is 7.91. The van der Waals surface area contributed by atoms with Crippen LogP contribution in [0.3, 0.4) is 0 Å². The summed E-state index contributed by atoms with van der Waals surface area (Å²) in [4.78, 5) is 24.2. The van der Waals surface area contributed by atoms with Gasteiger partial charge in [-0.15, -0.1) is 0 Å². The zero-order chi connectivity index (χ0) is 27.8. The summed E-state index contributed by atoms with van der Waals surface area (Å²) < 4.78 is 16.4. The van der Waals surface area contributed by atoms with Crippen molar-refractivity contribution in [2.75, 3.05) is 45.9 Å². The summed E-state index contributed by atoms with van der Waals surface area (Å²) in [6, 6.07) is 13.7. The number of nitrogens with one attached hydrogen (secondary N) is 1. The number of anilines is 1. The lowest BCUT2D eigenvalue weighted by molar-refractivity contribution is 0.0858. The van der Waals surface area contributed by atoms with Crippen molar-refractivity contribution in [1.82, 2.24) is 15.3 Å². The molecular weight excluding hydrogens is 512 g/mol. The second-order valence-electron chi connectivity index (χ2n) is 9.73. The predicted octanol–water partition coefficient (Wildman–Crippen LogP) is 4.99. The molecule has 1 saturated heterocycles. The molecule has 1 aliphatic rings. The topological polar surface area (TPSA) is 85.8 Å². The number of thioether (sulfide) groups is 1. The number of carbonyl (C=O) groups is 1. The van der Waals surface area contributed by atoms with Gasteiger partial charge in [0, 0.05) is 49.3 Å². The van der Waals surface area contributed by atoms with Crippen molar-refractivity contribution in [2.45, 2.75) is 50.1 Å². The summed E-state index contributed by atoms with van der Waals surface area (Å²) in [6.45, 7) is 6.23. The summed E-state index contributed by atoms with van der Waals surface area (Å²) in [7, 11) is 5.36. The molecule has 2 heterocycles. The Morgan fingerprint density at radius 2 is 1.82 bits per heavy atom. The second kappa shape index (κ2) is 13.7. The minimum Gasteiger partial charge on any atom is -0.493 e. The number of nitrogens with zero attached hydrogens (tertiary/aromatic N) is 3. The molecule has 0 unspecified atom stereocenters. The third kappa shape index (κ3) is 7.64. The van der Waals surface area contributed by atoms with Gasteiger partial charge >= 0.3 is 0 Å². The highest BCUT2D eigenvalue weighted by molar-refractivity contribution is 7.98. The standard InChI is InChI=1S/C30H38N4O4S/c1-20-21(2)32-30(33-28(20)34(3)15-14-22-10-13-26(36-4)27(17-22)37-5)39-19-23-8-11-24(12-9-23)29(35)31-18-25-7-6-16-38-25/h8-13,17,25H,6-7,14-16,18-19H2,1-5H3,(H,31,35)/t25-/m0/s1. The highest BCUT2D eigenvalue weighted by atomic mass is 32.2. The number of hydrogen-bond acceptors (Lipinski definition) is 8. The first-order chi connectivity index (χ1) is 18.9. The van der Waals surface area contributed by atoms with Crippen molar-refractivity contribution >= 4 is 23.5 Å². The van der Waals surface area contributed by atoms with Gasteiger partial charge in [0.25, 0.3) is 5.91 Å². The van der Waals surface area contributed by atoms with Gasteiger partial charge in [-0.2, -0.15) is 0 Å². The van der Waals surface area contributed by atoms with Crippen LogP contribution >= 0.6 is 11.8 Å². The second-order valence-corrected chi connectivity index (χ2v) is 10.7. The van der Waals surface area contributed by atoms with E-state index in [4.69, 9.17) is 24.2 Å². The van der Waals surface area contributed by atoms with Gasteiger partial charge in [0.15, 0.2) is 16.7 Å². The Morgan fingerprint density at radius 1 is 1.08 bits per heavy atom. The van der Waals surface area contributed by atoms with Gasteiger partial charge in [0.1, 0.15) is 5.82 Å². The number of likely N-dealkylation sites (N-methyl/N-ethyl adjacent to an activating group) is 1. The fourth-order valence-electron chi connectivity index (χ4n) is 4.48. The zero-order valence-corrected chi connectivity index (χ0v) is 24.3. The lowest BCUT2D eigenvalue weighted by Gasteiger charge is -2.22. The van der Waals surface area contributed by atoms with Gasteiger partial charge in [0.05, 0.1) is 20.3 Å². The Bertz CT molecular complexity index is 1260. The van der Waals surface area contributed by atoms with Crippen molar-refractivity contribution in [3.8, 4) is 11.5 Å². The van der Waals surface area contributed by atoms with E-state index in [1.54, 1.807) is 26.0 Å². The summed E-state index contributed by atoms with van der Waals surface area (Å²) in [5.41, 5.74) is 4.98. The largest absolute Gasteiger partial charge is 0.493 e. The number of hydrogen-bond donors (Lipinski definition) is 1. The maximum atomic E-state index is 12.5. The van der Waals surface area contributed by atoms with Crippen LogP contribution in [0.25, 0.3) is 0 Å². The van der Waals surface area contributed by atoms with Crippen LogP contribution in [0.5, 0.6) is 11.5 Å². The van der Waals surface area contributed by atoms with E-state index >= 15 is 0 Å². The lowest BCUT2D eigenvalue weighted by Crippen LogP contribution is -2.31. The van der Waals surface area contributed by atoms with Crippen LogP contribution in [0, 0.1) is 13.8 Å². The van der Waals surface area contributed by atoms with Crippen molar-refractivity contribution in [3.05, 3.63) is 70.4 Å². The number of benzene rings is 2. The molecule has 0 spiro atoms. The van der Waals surface area contributed by atoms with Crippen LogP contribution in [0.1, 0.15) is 45.6 Å². The van der Waals surface area contributed by atoms with E-state index in [0.717, 1.165) is 77.5 Å². The number of aromatic nitrogens is 2. The van der Waals surface area contributed by atoms with Crippen LogP contribution in [0.2, 0.25) is 0 Å². The van der Waals surface area contributed by atoms with E-state index in [2.05, 4.69) is 30.3 Å². The Hall–Kier alpha value is -3.30. The average molecular weight is 551 g/mol. The molecule has 1 aromatic heterocycles. The molecule has 1 atom stereocenters. The smallest absolute Gasteiger partial charge is 0.251 e. The van der Waals surface area contributed by atoms with Crippen LogP contribution in [-0.2, 0) is 16.9 Å². The number of ether oxygens (including phenoxy) is 3. The third-order valence-electron chi connectivity index (χ3n) is 6.99. The van der Waals surface area contributed by atoms with Gasteiger partial charge in [-0.05, 0) is 68.5 Å². The maximum Gasteiger partial charge on any atom is 0.251 e. The molecular formula is C30H38N4O4S. The van der Waals surface area contributed by atoms with Crippen LogP contribution < -0.4 is 19.7 Å². The van der Waals surface area contributed by atoms with Crippen LogP contribution in [-0.4, -0.2) is 62.9 Å². The van der Waals surface area contributed by atoms with Crippen molar-refractivity contribution in [3.63, 3.8) is 0 Å². The Balaban J connectivity index is 1.34. The monoisotopic (exact) mass is 550 g/mol. The molecule has 0 aliphatic carbocycles. The molecule has 1 amide bonds. The van der Waals surface area contributed by atoms with E-state index < -0.39 is 0 Å². The van der Waals surface area contributed by atoms with Gasteiger partial charge < -0.3 is 24.4 Å². The summed E-state index contributed by atoms with van der Waals surface area (Å²) in [6.07, 6.45) is 3.05. The molecule has 9 heteroatoms. The number of rotatable bonds is 12. The van der Waals surface area contributed by atoms with E-state index in [-0.39, 0.29) is 12.0 Å². The zero-order valence-electron chi connectivity index (χ0n) is 23.5. The molecule has 1 aliphatic heterocycles. The van der Waals surface area contributed by atoms with Crippen molar-refractivity contribution in [2.24, 2.45) is 0 Å². The number of methoxy groups -OCH3 is 2. The minimum absolute atomic E-state index is 0.0667. The SMILES string of the molecule is COc1ccc(CCN(C)c2nc(SCc3ccc(C(=O)NC[C@@H]4CCCO4)cc3)nc(C)c2C)cc1OC. The molecule has 208 valence electrons. The van der Waals surface area contributed by atoms with Crippen LogP contribution in [0.4, 0.5) is 5.82 Å². The molecule has 8 nitrogen and oxygen atoms in total. The average Bonchev–Trinajstić information content (AvgIpc) is 3.49. The molecule has 2 aromatic carbocycles. The number of amides is 1. The minimum atomic E-state index is -0.0667. The van der Waals surface area contributed by atoms with Crippen LogP contribution in [0.15, 0.2) is 47.6 Å². The van der Waals surface area contributed by atoms with Gasteiger partial charge in [-0.1, -0.05) is 30.0 Å². The van der Waals surface area contributed by atoms with Gasteiger partial charge in [-0.3, -0.25) is 4.79 Å². The molecule has 0 bridgehead atoms. The van der Waals surface area contributed by atoms with Crippen molar-refractivity contribution < 1.29 is 19.0 Å². The molecule has 1 fully saturated rings. The first-order valence-corrected chi connectivity index (χ1v) is 14.2. The number of aryl methyl sites for hydroxylation is 1. The lowest BCUT2D eigenvalue weighted by atomic mass is 10.1. The fraction of sp³-hybridized carbons (Fsp3) is 0.433. The first-order valence-electron chi connectivity index (χ1n) is 13.3. The Morgan fingerprint density at radius 3 is 2.51 bits per heavy atom. The predicted molar refractivity (Wildman–Crippen MR) is 155 cm³/mol. The molecule has 0 radical (unpaired) electrons. The van der Waals surface area contributed by atoms with E-state index in [9.17, 15) is 4.79 Å². The summed E-state index contributed by atoms with van der Waals surface area (Å²) in [5.74, 6) is 3.05. The summed E-state index contributed by atoms with van der Waals surface area (Å²) >= 11 is 1.60. The maximum absolute atomic E-state index is 12.5.